The van der Waals surface area contributed by atoms with Crippen molar-refractivity contribution >= 4 is 5.97 Å². The Balaban J connectivity index is 1.64. The van der Waals surface area contributed by atoms with Gasteiger partial charge in [-0.2, -0.15) is 0 Å². The molecule has 0 saturated carbocycles. The van der Waals surface area contributed by atoms with E-state index < -0.39 is 0 Å². The lowest BCUT2D eigenvalue weighted by Crippen LogP contribution is -2.34. The predicted molar refractivity (Wildman–Crippen MR) is 88.7 cm³/mol. The molecule has 4 heteroatoms. The first kappa shape index (κ1) is 16.1. The van der Waals surface area contributed by atoms with Crippen LogP contribution in [0.25, 0.3) is 0 Å². The van der Waals surface area contributed by atoms with Gasteiger partial charge in [-0.05, 0) is 12.5 Å². The molecule has 1 aromatic carbocycles. The largest absolute Gasteiger partial charge is 0.498 e. The van der Waals surface area contributed by atoms with E-state index in [9.17, 15) is 4.79 Å². The van der Waals surface area contributed by atoms with Gasteiger partial charge >= 0.3 is 5.97 Å². The highest BCUT2D eigenvalue weighted by molar-refractivity contribution is 5.71. The quantitative estimate of drug-likeness (QED) is 0.757. The first-order valence-electron chi connectivity index (χ1n) is 8.32. The van der Waals surface area contributed by atoms with Crippen molar-refractivity contribution in [2.24, 2.45) is 11.8 Å². The van der Waals surface area contributed by atoms with Crippen LogP contribution in [0.3, 0.4) is 0 Å². The van der Waals surface area contributed by atoms with Crippen LogP contribution in [0.5, 0.6) is 0 Å². The number of hydrogen-bond donors (Lipinski definition) is 0. The number of esters is 1. The second kappa shape index (κ2) is 7.18. The molecule has 0 radical (unpaired) electrons. The third-order valence-electron chi connectivity index (χ3n) is 4.50. The van der Waals surface area contributed by atoms with Crippen LogP contribution < -0.4 is 0 Å². The van der Waals surface area contributed by atoms with Gasteiger partial charge in [0.1, 0.15) is 0 Å². The smallest absolute Gasteiger partial charge is 0.306 e. The summed E-state index contributed by atoms with van der Waals surface area (Å²) in [4.78, 5) is 13.8. The Morgan fingerprint density at radius 3 is 2.52 bits per heavy atom. The van der Waals surface area contributed by atoms with E-state index in [1.165, 1.54) is 11.1 Å². The summed E-state index contributed by atoms with van der Waals surface area (Å²) in [5, 5.41) is 0. The van der Waals surface area contributed by atoms with Crippen molar-refractivity contribution in [3.05, 3.63) is 47.7 Å². The molecule has 2 saturated heterocycles. The second-order valence-electron chi connectivity index (χ2n) is 6.86. The third kappa shape index (κ3) is 4.58. The monoisotopic (exact) mass is 315 g/mol. The molecule has 2 fully saturated rings. The Bertz CT molecular complexity index is 556. The number of nitrogens with zero attached hydrogens (tertiary/aromatic N) is 1. The zero-order chi connectivity index (χ0) is 16.2. The molecule has 3 rings (SSSR count). The molecule has 0 N–H and O–H groups in total. The van der Waals surface area contributed by atoms with Gasteiger partial charge in [-0.3, -0.25) is 9.69 Å². The molecule has 2 aliphatic heterocycles. The highest BCUT2D eigenvalue weighted by Gasteiger charge is 2.28. The minimum absolute atomic E-state index is 0.0666. The van der Waals surface area contributed by atoms with E-state index in [2.05, 4.69) is 42.7 Å². The van der Waals surface area contributed by atoms with Crippen molar-refractivity contribution in [3.63, 3.8) is 0 Å². The Labute approximate surface area is 138 Å². The number of carbonyl (C=O) groups is 1. The van der Waals surface area contributed by atoms with Crippen LogP contribution in [0.2, 0.25) is 0 Å². The van der Waals surface area contributed by atoms with Gasteiger partial charge in [0.15, 0.2) is 0 Å². The molecule has 2 aliphatic rings. The molecule has 2 atom stereocenters. The number of cyclic esters (lactones) is 1. The molecule has 0 amide bonds. The number of ether oxygens (including phenoxy) is 2. The summed E-state index contributed by atoms with van der Waals surface area (Å²) in [7, 11) is 0. The van der Waals surface area contributed by atoms with Gasteiger partial charge in [0, 0.05) is 37.9 Å². The van der Waals surface area contributed by atoms with Crippen molar-refractivity contribution in [2.75, 3.05) is 26.3 Å². The van der Waals surface area contributed by atoms with E-state index in [-0.39, 0.29) is 5.97 Å². The van der Waals surface area contributed by atoms with Crippen molar-refractivity contribution in [1.29, 1.82) is 0 Å². The van der Waals surface area contributed by atoms with E-state index >= 15 is 0 Å². The lowest BCUT2D eigenvalue weighted by molar-refractivity contribution is -0.137. The molecule has 2 heterocycles. The fourth-order valence-electron chi connectivity index (χ4n) is 3.48. The number of benzene rings is 1. The number of allylic oxidation sites excluding steroid dienone is 1. The van der Waals surface area contributed by atoms with Gasteiger partial charge in [-0.1, -0.05) is 36.4 Å². The molecule has 1 aromatic rings. The van der Waals surface area contributed by atoms with E-state index in [4.69, 9.17) is 9.47 Å². The fourth-order valence-corrected chi connectivity index (χ4v) is 3.48. The zero-order valence-corrected chi connectivity index (χ0v) is 13.8. The summed E-state index contributed by atoms with van der Waals surface area (Å²) in [5.74, 6) is 1.62. The van der Waals surface area contributed by atoms with E-state index in [1.807, 2.05) is 0 Å². The number of hydrogen-bond acceptors (Lipinski definition) is 4. The van der Waals surface area contributed by atoms with Gasteiger partial charge in [-0.15, -0.1) is 0 Å². The Hall–Kier alpha value is -1.81. The summed E-state index contributed by atoms with van der Waals surface area (Å²) in [6.45, 7) is 10.1. The maximum atomic E-state index is 11.4. The van der Waals surface area contributed by atoms with Crippen LogP contribution in [-0.2, 0) is 20.8 Å². The Morgan fingerprint density at radius 1 is 1.17 bits per heavy atom. The maximum absolute atomic E-state index is 11.4. The lowest BCUT2D eigenvalue weighted by Gasteiger charge is -2.27. The lowest BCUT2D eigenvalue weighted by atomic mass is 10.0. The van der Waals surface area contributed by atoms with E-state index in [1.54, 1.807) is 0 Å². The molecule has 124 valence electrons. The summed E-state index contributed by atoms with van der Waals surface area (Å²) in [6.07, 6.45) is 1.47. The molecule has 23 heavy (non-hydrogen) atoms. The van der Waals surface area contributed by atoms with Crippen LogP contribution in [0, 0.1) is 18.8 Å². The van der Waals surface area contributed by atoms with Crippen LogP contribution in [-0.4, -0.2) is 37.2 Å². The highest BCUT2D eigenvalue weighted by Crippen LogP contribution is 2.24. The van der Waals surface area contributed by atoms with Gasteiger partial charge in [0.25, 0.3) is 0 Å². The van der Waals surface area contributed by atoms with Gasteiger partial charge in [-0.25, -0.2) is 0 Å². The minimum atomic E-state index is -0.0666. The summed E-state index contributed by atoms with van der Waals surface area (Å²) in [5.41, 5.74) is 2.59. The summed E-state index contributed by atoms with van der Waals surface area (Å²) >= 11 is 0. The molecule has 4 nitrogen and oxygen atoms in total. The van der Waals surface area contributed by atoms with E-state index in [0.29, 0.717) is 24.9 Å². The van der Waals surface area contributed by atoms with Crippen LogP contribution in [0.1, 0.15) is 24.0 Å². The Kier molecular flexibility index (Phi) is 5.01. The van der Waals surface area contributed by atoms with Crippen molar-refractivity contribution in [1.82, 2.24) is 4.90 Å². The highest BCUT2D eigenvalue weighted by atomic mass is 16.5. The average Bonchev–Trinajstić information content (AvgIpc) is 3.08. The number of aryl methyl sites for hydroxylation is 1. The fraction of sp³-hybridized carbons (Fsp3) is 0.526. The number of rotatable bonds is 6. The normalized spacial score (nSPS) is 24.1. The van der Waals surface area contributed by atoms with Crippen LogP contribution in [0.15, 0.2) is 36.6 Å². The second-order valence-corrected chi connectivity index (χ2v) is 6.86. The number of carbonyl (C=O) groups excluding carboxylic acids is 1. The first-order chi connectivity index (χ1) is 11.1. The maximum Gasteiger partial charge on any atom is 0.306 e. The zero-order valence-electron chi connectivity index (χ0n) is 13.8. The molecule has 2 unspecified atom stereocenters. The van der Waals surface area contributed by atoms with Crippen molar-refractivity contribution < 1.29 is 14.3 Å². The van der Waals surface area contributed by atoms with Gasteiger partial charge < -0.3 is 9.47 Å². The third-order valence-corrected chi connectivity index (χ3v) is 4.50. The average molecular weight is 315 g/mol. The first-order valence-corrected chi connectivity index (χ1v) is 8.32. The Morgan fingerprint density at radius 2 is 1.91 bits per heavy atom. The SMILES string of the molecule is C=C1CC(CN(Cc2cccc(C)c2)CC2COC(=O)C2)CO1. The topological polar surface area (TPSA) is 38.8 Å². The predicted octanol–water partition coefficient (Wildman–Crippen LogP) is 2.91. The van der Waals surface area contributed by atoms with Crippen molar-refractivity contribution in [3.8, 4) is 0 Å². The molecule has 0 aliphatic carbocycles. The summed E-state index contributed by atoms with van der Waals surface area (Å²) in [6, 6.07) is 8.62. The van der Waals surface area contributed by atoms with Gasteiger partial charge in [0.2, 0.25) is 0 Å². The van der Waals surface area contributed by atoms with E-state index in [0.717, 1.165) is 38.4 Å². The molecule has 0 aromatic heterocycles. The molecular formula is C19H25NO3. The van der Waals surface area contributed by atoms with Gasteiger partial charge in [0.05, 0.1) is 25.4 Å². The molecule has 0 spiro atoms. The van der Waals surface area contributed by atoms with Crippen LogP contribution in [0.4, 0.5) is 0 Å². The van der Waals surface area contributed by atoms with Crippen LogP contribution >= 0.6 is 0 Å². The minimum Gasteiger partial charge on any atom is -0.498 e. The summed E-state index contributed by atoms with van der Waals surface area (Å²) < 4.78 is 10.6. The standard InChI is InChI=1S/C19H25NO3/c1-14-4-3-5-16(6-14)9-20(10-17-7-15(2)22-12-17)11-18-8-19(21)23-13-18/h3-6,17-18H,2,7-13H2,1H3. The molecule has 0 bridgehead atoms. The van der Waals surface area contributed by atoms with Crippen molar-refractivity contribution in [2.45, 2.75) is 26.3 Å². The molecular weight excluding hydrogens is 290 g/mol.